The van der Waals surface area contributed by atoms with Crippen LogP contribution in [0.3, 0.4) is 0 Å². The molecule has 0 saturated carbocycles. The van der Waals surface area contributed by atoms with E-state index in [1.165, 1.54) is 11.1 Å². The van der Waals surface area contributed by atoms with E-state index in [4.69, 9.17) is 4.42 Å². The SMILES string of the molecule is Cc1ccccc1Cn1nc(NC(=O)Cn2nc(C)c3c(-c4ccco4)ccnc32)cc1C. The van der Waals surface area contributed by atoms with Gasteiger partial charge in [-0.25, -0.2) is 9.67 Å². The van der Waals surface area contributed by atoms with Crippen molar-refractivity contribution >= 4 is 22.8 Å². The Morgan fingerprint density at radius 2 is 1.88 bits per heavy atom. The minimum absolute atomic E-state index is 0.0304. The molecule has 8 nitrogen and oxygen atoms in total. The molecule has 0 aliphatic carbocycles. The lowest BCUT2D eigenvalue weighted by Crippen LogP contribution is -2.20. The van der Waals surface area contributed by atoms with Gasteiger partial charge in [-0.3, -0.25) is 9.48 Å². The highest BCUT2D eigenvalue weighted by Crippen LogP contribution is 2.30. The van der Waals surface area contributed by atoms with Gasteiger partial charge in [0.15, 0.2) is 11.5 Å². The summed E-state index contributed by atoms with van der Waals surface area (Å²) in [6.45, 7) is 6.64. The summed E-state index contributed by atoms with van der Waals surface area (Å²) in [4.78, 5) is 17.3. The summed E-state index contributed by atoms with van der Waals surface area (Å²) < 4.78 is 9.07. The number of nitrogens with one attached hydrogen (secondary N) is 1. The lowest BCUT2D eigenvalue weighted by molar-refractivity contribution is -0.116. The van der Waals surface area contributed by atoms with Crippen molar-refractivity contribution in [2.24, 2.45) is 0 Å². The average molecular weight is 441 g/mol. The van der Waals surface area contributed by atoms with Crippen LogP contribution in [-0.2, 0) is 17.9 Å². The van der Waals surface area contributed by atoms with E-state index < -0.39 is 0 Å². The largest absolute Gasteiger partial charge is 0.464 e. The number of aryl methyl sites for hydroxylation is 3. The summed E-state index contributed by atoms with van der Waals surface area (Å²) in [5.41, 5.74) is 5.70. The smallest absolute Gasteiger partial charge is 0.247 e. The Bertz CT molecular complexity index is 1450. The van der Waals surface area contributed by atoms with Gasteiger partial charge >= 0.3 is 0 Å². The number of carbonyl (C=O) groups is 1. The molecule has 1 N–H and O–H groups in total. The number of pyridine rings is 1. The molecule has 8 heteroatoms. The summed E-state index contributed by atoms with van der Waals surface area (Å²) in [6.07, 6.45) is 3.33. The number of rotatable bonds is 6. The molecule has 5 rings (SSSR count). The highest BCUT2D eigenvalue weighted by molar-refractivity contribution is 5.95. The second-order valence-electron chi connectivity index (χ2n) is 8.08. The number of aromatic nitrogens is 5. The molecular weight excluding hydrogens is 416 g/mol. The maximum atomic E-state index is 12.8. The zero-order valence-corrected chi connectivity index (χ0v) is 18.7. The van der Waals surface area contributed by atoms with Gasteiger partial charge in [0, 0.05) is 23.5 Å². The molecule has 0 fully saturated rings. The molecule has 1 aromatic carbocycles. The second-order valence-corrected chi connectivity index (χ2v) is 8.08. The summed E-state index contributed by atoms with van der Waals surface area (Å²) in [5.74, 6) is 1.04. The van der Waals surface area contributed by atoms with E-state index in [1.54, 1.807) is 17.1 Å². The van der Waals surface area contributed by atoms with E-state index in [-0.39, 0.29) is 12.5 Å². The zero-order valence-electron chi connectivity index (χ0n) is 18.7. The Hall–Kier alpha value is -4.20. The Balaban J connectivity index is 1.35. The molecule has 1 amide bonds. The van der Waals surface area contributed by atoms with Crippen molar-refractivity contribution in [3.63, 3.8) is 0 Å². The fourth-order valence-corrected chi connectivity index (χ4v) is 4.03. The van der Waals surface area contributed by atoms with Crippen LogP contribution in [0, 0.1) is 20.8 Å². The Kier molecular flexibility index (Phi) is 5.26. The van der Waals surface area contributed by atoms with Crippen molar-refractivity contribution < 1.29 is 9.21 Å². The summed E-state index contributed by atoms with van der Waals surface area (Å²) in [5, 5.41) is 12.9. The minimum Gasteiger partial charge on any atom is -0.464 e. The van der Waals surface area contributed by atoms with Crippen LogP contribution in [0.25, 0.3) is 22.4 Å². The predicted molar refractivity (Wildman–Crippen MR) is 126 cm³/mol. The van der Waals surface area contributed by atoms with Crippen molar-refractivity contribution in [1.82, 2.24) is 24.5 Å². The van der Waals surface area contributed by atoms with Gasteiger partial charge in [0.1, 0.15) is 12.3 Å². The molecule has 0 radical (unpaired) electrons. The third kappa shape index (κ3) is 4.03. The fourth-order valence-electron chi connectivity index (χ4n) is 4.03. The number of nitrogens with zero attached hydrogens (tertiary/aromatic N) is 5. The van der Waals surface area contributed by atoms with Gasteiger partial charge < -0.3 is 9.73 Å². The van der Waals surface area contributed by atoms with Crippen LogP contribution in [0.4, 0.5) is 5.82 Å². The average Bonchev–Trinajstić information content (AvgIpc) is 3.51. The first-order valence-corrected chi connectivity index (χ1v) is 10.7. The second kappa shape index (κ2) is 8.38. The monoisotopic (exact) mass is 440 g/mol. The molecule has 33 heavy (non-hydrogen) atoms. The van der Waals surface area contributed by atoms with Crippen molar-refractivity contribution in [3.05, 3.63) is 83.5 Å². The minimum atomic E-state index is -0.217. The van der Waals surface area contributed by atoms with Crippen molar-refractivity contribution in [1.29, 1.82) is 0 Å². The molecule has 0 saturated heterocycles. The molecule has 0 bridgehead atoms. The third-order valence-electron chi connectivity index (χ3n) is 5.72. The van der Waals surface area contributed by atoms with Crippen LogP contribution in [-0.4, -0.2) is 30.5 Å². The molecular formula is C25H24N6O2. The van der Waals surface area contributed by atoms with Crippen molar-refractivity contribution in [2.75, 3.05) is 5.32 Å². The van der Waals surface area contributed by atoms with Crippen LogP contribution in [0.5, 0.6) is 0 Å². The van der Waals surface area contributed by atoms with E-state index in [0.717, 1.165) is 28.1 Å². The predicted octanol–water partition coefficient (Wildman–Crippen LogP) is 4.50. The van der Waals surface area contributed by atoms with Crippen molar-refractivity contribution in [3.8, 4) is 11.3 Å². The number of benzene rings is 1. The number of hydrogen-bond donors (Lipinski definition) is 1. The van der Waals surface area contributed by atoms with Crippen LogP contribution >= 0.6 is 0 Å². The first-order valence-electron chi connectivity index (χ1n) is 10.7. The molecule has 166 valence electrons. The number of amides is 1. The van der Waals surface area contributed by atoms with Gasteiger partial charge in [0.25, 0.3) is 0 Å². The molecule has 4 aromatic heterocycles. The Morgan fingerprint density at radius 3 is 2.67 bits per heavy atom. The van der Waals surface area contributed by atoms with Crippen LogP contribution < -0.4 is 5.32 Å². The third-order valence-corrected chi connectivity index (χ3v) is 5.72. The van der Waals surface area contributed by atoms with Gasteiger partial charge in [-0.05, 0) is 50.1 Å². The highest BCUT2D eigenvalue weighted by atomic mass is 16.3. The number of anilines is 1. The van der Waals surface area contributed by atoms with Gasteiger partial charge in [0.05, 0.1) is 23.9 Å². The van der Waals surface area contributed by atoms with Gasteiger partial charge in [-0.1, -0.05) is 24.3 Å². The summed E-state index contributed by atoms with van der Waals surface area (Å²) >= 11 is 0. The lowest BCUT2D eigenvalue weighted by atomic mass is 10.1. The lowest BCUT2D eigenvalue weighted by Gasteiger charge is -2.07. The molecule has 5 aromatic rings. The standard InChI is InChI=1S/C25H24N6O2/c1-16-7-4-5-8-19(16)14-30-17(2)13-22(29-30)27-23(32)15-31-25-24(18(3)28-31)20(10-11-26-25)21-9-6-12-33-21/h4-13H,14-15H2,1-3H3,(H,27,29,32). The van der Waals surface area contributed by atoms with Crippen LogP contribution in [0.1, 0.15) is 22.5 Å². The highest BCUT2D eigenvalue weighted by Gasteiger charge is 2.17. The fraction of sp³-hybridized carbons (Fsp3) is 0.200. The first kappa shape index (κ1) is 20.7. The van der Waals surface area contributed by atoms with E-state index in [0.29, 0.717) is 18.0 Å². The maximum absolute atomic E-state index is 12.8. The van der Waals surface area contributed by atoms with E-state index >= 15 is 0 Å². The van der Waals surface area contributed by atoms with Crippen LogP contribution in [0.15, 0.2) is 65.4 Å². The normalized spacial score (nSPS) is 11.2. The van der Waals surface area contributed by atoms with Gasteiger partial charge in [-0.2, -0.15) is 10.2 Å². The van der Waals surface area contributed by atoms with E-state index in [9.17, 15) is 4.79 Å². The molecule has 4 heterocycles. The van der Waals surface area contributed by atoms with Gasteiger partial charge in [0.2, 0.25) is 5.91 Å². The molecule has 0 aliphatic rings. The summed E-state index contributed by atoms with van der Waals surface area (Å²) in [7, 11) is 0. The number of carbonyl (C=O) groups excluding carboxylic acids is 1. The maximum Gasteiger partial charge on any atom is 0.247 e. The summed E-state index contributed by atoms with van der Waals surface area (Å²) in [6, 6.07) is 15.7. The molecule has 0 aliphatic heterocycles. The number of hydrogen-bond acceptors (Lipinski definition) is 5. The van der Waals surface area contributed by atoms with Gasteiger partial charge in [-0.15, -0.1) is 0 Å². The van der Waals surface area contributed by atoms with Crippen molar-refractivity contribution in [2.45, 2.75) is 33.9 Å². The van der Waals surface area contributed by atoms with E-state index in [2.05, 4.69) is 39.6 Å². The molecule has 0 atom stereocenters. The Labute approximate surface area is 190 Å². The van der Waals surface area contributed by atoms with E-state index in [1.807, 2.05) is 54.9 Å². The Morgan fingerprint density at radius 1 is 1.03 bits per heavy atom. The number of furan rings is 1. The number of fused-ring (bicyclic) bond motifs is 1. The molecule has 0 unspecified atom stereocenters. The zero-order chi connectivity index (χ0) is 22.9. The quantitative estimate of drug-likeness (QED) is 0.420. The molecule has 0 spiro atoms. The van der Waals surface area contributed by atoms with Crippen LogP contribution in [0.2, 0.25) is 0 Å². The topological polar surface area (TPSA) is 90.8 Å². The first-order chi connectivity index (χ1) is 16.0.